The maximum atomic E-state index is 11.7. The van der Waals surface area contributed by atoms with Gasteiger partial charge in [0.15, 0.2) is 23.0 Å². The zero-order valence-electron chi connectivity index (χ0n) is 35.2. The maximum absolute atomic E-state index is 11.7. The lowest BCUT2D eigenvalue weighted by Gasteiger charge is -2.38. The predicted molar refractivity (Wildman–Crippen MR) is 232 cm³/mol. The molecule has 2 fully saturated rings. The van der Waals surface area contributed by atoms with Crippen LogP contribution < -0.4 is 19.5 Å². The molecule has 3 aliphatic rings. The van der Waals surface area contributed by atoms with E-state index >= 15 is 0 Å². The molecule has 2 aromatic rings. The highest BCUT2D eigenvalue weighted by Gasteiger charge is 2.34. The molecule has 2 aromatic carbocycles. The van der Waals surface area contributed by atoms with Crippen molar-refractivity contribution in [3.8, 4) is 28.7 Å². The fourth-order valence-electron chi connectivity index (χ4n) is 9.29. The van der Waals surface area contributed by atoms with Crippen molar-refractivity contribution in [2.24, 2.45) is 23.7 Å². The summed E-state index contributed by atoms with van der Waals surface area (Å²) in [6, 6.07) is 7.73. The van der Waals surface area contributed by atoms with Crippen LogP contribution in [0, 0.1) is 23.7 Å². The molecule has 0 spiro atoms. The molecular weight excluding hydrogens is 779 g/mol. The van der Waals surface area contributed by atoms with Gasteiger partial charge in [0.05, 0.1) is 38.6 Å². The number of aliphatic hydroxyl groups is 4. The number of ether oxygens (including phenoxy) is 4. The van der Waals surface area contributed by atoms with E-state index in [0.29, 0.717) is 54.4 Å². The average molecular weight is 850 g/mol. The molecule has 0 radical (unpaired) electrons. The van der Waals surface area contributed by atoms with Gasteiger partial charge < -0.3 is 54.9 Å². The Kier molecular flexibility index (Phi) is 19.3. The highest BCUT2D eigenvalue weighted by molar-refractivity contribution is 8.76. The molecule has 11 nitrogen and oxygen atoms in total. The molecule has 1 aliphatic heterocycles. The van der Waals surface area contributed by atoms with Crippen LogP contribution in [0.25, 0.3) is 0 Å². The lowest BCUT2D eigenvalue weighted by atomic mass is 9.74. The summed E-state index contributed by atoms with van der Waals surface area (Å²) in [5, 5.41) is 69.2. The van der Waals surface area contributed by atoms with Gasteiger partial charge in [0.2, 0.25) is 5.75 Å². The van der Waals surface area contributed by atoms with Crippen LogP contribution in [0.5, 0.6) is 28.7 Å². The summed E-state index contributed by atoms with van der Waals surface area (Å²) in [4.78, 5) is 0. The number of nitrogens with one attached hydrogen (secondary N) is 1. The zero-order valence-corrected chi connectivity index (χ0v) is 36.8. The Morgan fingerprint density at radius 3 is 2.22 bits per heavy atom. The van der Waals surface area contributed by atoms with Gasteiger partial charge in [0, 0.05) is 29.6 Å². The number of aryl methyl sites for hydroxylation is 1. The van der Waals surface area contributed by atoms with Gasteiger partial charge in [-0.3, -0.25) is 0 Å². The van der Waals surface area contributed by atoms with Gasteiger partial charge in [-0.15, -0.1) is 0 Å². The van der Waals surface area contributed by atoms with Crippen LogP contribution in [0.4, 0.5) is 0 Å². The number of hydrogen-bond donors (Lipinski definition) is 7. The number of phenols is 2. The van der Waals surface area contributed by atoms with Crippen molar-refractivity contribution in [3.05, 3.63) is 41.0 Å². The van der Waals surface area contributed by atoms with E-state index in [-0.39, 0.29) is 59.6 Å². The summed E-state index contributed by atoms with van der Waals surface area (Å²) >= 11 is 0. The van der Waals surface area contributed by atoms with Gasteiger partial charge >= 0.3 is 0 Å². The first-order valence-corrected chi connectivity index (χ1v) is 24.1. The standard InChI is InChI=1S/C45H71NO10S2/c1-28(2)10-11-30-21-35(15-13-32(30)25-46-33-8-6-5-7-9-33)56-41-22-31-12-14-34(55-27-48)23-38(49)37(18-29-19-42(53-3)45(52)43(20-29)54-4)40(51)26-57-58-44(16-17-47)36(31)24-39(41)50/h19-20,22,24,28,30,32-35,37-38,40,44,46-52H,5-18,21,23,25-27H2,1-4H3/t30-,32-,34-,35+,37-,38+,40-,44-/m0/s1. The minimum absolute atomic E-state index is 0.00692. The SMILES string of the molecule is COc1cc(C[C@H]2[C@H](O)C[C@@H](OCO)CCc3cc(O[C@@H]4CC[C@@H](CNC5CCCCC5)[C@@H](CCC(C)C)C4)c(O)cc3[C@H](CCO)SSC[C@@H]2O)cc(OC)c1O. The Morgan fingerprint density at radius 2 is 1.55 bits per heavy atom. The first-order valence-electron chi connectivity index (χ1n) is 21.7. The molecule has 5 rings (SSSR count). The Hall–Kier alpha value is -2.10. The van der Waals surface area contributed by atoms with Crippen molar-refractivity contribution < 1.29 is 49.6 Å². The third-order valence-corrected chi connectivity index (χ3v) is 15.6. The molecule has 0 unspecified atom stereocenters. The third kappa shape index (κ3) is 13.4. The lowest BCUT2D eigenvalue weighted by molar-refractivity contribution is -0.0808. The van der Waals surface area contributed by atoms with Crippen LogP contribution >= 0.6 is 21.6 Å². The van der Waals surface area contributed by atoms with Crippen molar-refractivity contribution in [2.75, 3.05) is 39.9 Å². The van der Waals surface area contributed by atoms with Gasteiger partial charge in [-0.05, 0) is 136 Å². The second-order valence-electron chi connectivity index (χ2n) is 17.2. The van der Waals surface area contributed by atoms with Crippen LogP contribution in [0.2, 0.25) is 0 Å². The quantitative estimate of drug-likeness (QED) is 0.0649. The lowest BCUT2D eigenvalue weighted by Crippen LogP contribution is -2.40. The van der Waals surface area contributed by atoms with Crippen LogP contribution in [0.15, 0.2) is 24.3 Å². The number of rotatable bonds is 16. The molecule has 2 saturated carbocycles. The summed E-state index contributed by atoms with van der Waals surface area (Å²) in [5.74, 6) is 2.34. The molecule has 8 atom stereocenters. The van der Waals surface area contributed by atoms with Crippen LogP contribution in [-0.4, -0.2) is 101 Å². The summed E-state index contributed by atoms with van der Waals surface area (Å²) < 4.78 is 23.3. The first-order chi connectivity index (χ1) is 28.0. The number of aromatic hydroxyl groups is 2. The van der Waals surface area contributed by atoms with E-state index in [4.69, 9.17) is 18.9 Å². The number of aliphatic hydroxyl groups excluding tert-OH is 4. The largest absolute Gasteiger partial charge is 0.504 e. The molecule has 0 saturated heterocycles. The van der Waals surface area contributed by atoms with Crippen LogP contribution in [0.3, 0.4) is 0 Å². The molecule has 58 heavy (non-hydrogen) atoms. The van der Waals surface area contributed by atoms with Crippen molar-refractivity contribution in [2.45, 2.75) is 146 Å². The molecule has 328 valence electrons. The average Bonchev–Trinajstić information content (AvgIpc) is 3.22. The van der Waals surface area contributed by atoms with Crippen molar-refractivity contribution in [1.29, 1.82) is 0 Å². The summed E-state index contributed by atoms with van der Waals surface area (Å²) in [6.45, 7) is 5.07. The molecule has 7 N–H and O–H groups in total. The number of methoxy groups -OCH3 is 2. The summed E-state index contributed by atoms with van der Waals surface area (Å²) in [6.07, 6.45) is 11.3. The minimum Gasteiger partial charge on any atom is -0.504 e. The number of benzene rings is 2. The van der Waals surface area contributed by atoms with Gasteiger partial charge in [-0.2, -0.15) is 0 Å². The zero-order chi connectivity index (χ0) is 41.6. The highest BCUT2D eigenvalue weighted by Crippen LogP contribution is 2.47. The summed E-state index contributed by atoms with van der Waals surface area (Å²) in [7, 11) is 5.90. The second-order valence-corrected chi connectivity index (χ2v) is 19.8. The monoisotopic (exact) mass is 849 g/mol. The Labute approximate surface area is 354 Å². The van der Waals surface area contributed by atoms with Gasteiger partial charge in [0.25, 0.3) is 0 Å². The van der Waals surface area contributed by atoms with E-state index in [9.17, 15) is 30.6 Å². The normalized spacial score (nSPS) is 27.9. The van der Waals surface area contributed by atoms with Gasteiger partial charge in [-0.25, -0.2) is 0 Å². The van der Waals surface area contributed by atoms with E-state index in [1.165, 1.54) is 80.8 Å². The van der Waals surface area contributed by atoms with Crippen molar-refractivity contribution in [1.82, 2.24) is 5.32 Å². The van der Waals surface area contributed by atoms with E-state index < -0.39 is 31.0 Å². The Morgan fingerprint density at radius 1 is 0.810 bits per heavy atom. The van der Waals surface area contributed by atoms with Gasteiger partial charge in [0.1, 0.15) is 6.79 Å². The molecule has 2 aliphatic carbocycles. The topological polar surface area (TPSA) is 170 Å². The molecule has 13 heteroatoms. The fourth-order valence-corrected chi connectivity index (χ4v) is 12.2. The molecule has 0 bridgehead atoms. The molecule has 1 heterocycles. The number of hydrogen-bond acceptors (Lipinski definition) is 13. The second kappa shape index (κ2) is 23.8. The van der Waals surface area contributed by atoms with E-state index in [1.54, 1.807) is 18.2 Å². The van der Waals surface area contributed by atoms with Crippen molar-refractivity contribution >= 4 is 21.6 Å². The molecule has 0 amide bonds. The molecular formula is C45H71NO10S2. The fraction of sp³-hybridized carbons (Fsp3) is 0.733. The van der Waals surface area contributed by atoms with Crippen molar-refractivity contribution in [3.63, 3.8) is 0 Å². The summed E-state index contributed by atoms with van der Waals surface area (Å²) in [5.41, 5.74) is 2.56. The maximum Gasteiger partial charge on any atom is 0.200 e. The van der Waals surface area contributed by atoms with E-state index in [2.05, 4.69) is 19.2 Å². The Balaban J connectivity index is 1.35. The number of fused-ring (bicyclic) bond motifs is 1. The molecule has 0 aromatic heterocycles. The van der Waals surface area contributed by atoms with Crippen LogP contribution in [0.1, 0.15) is 119 Å². The Bertz CT molecular complexity index is 1500. The smallest absolute Gasteiger partial charge is 0.200 e. The van der Waals surface area contributed by atoms with Crippen LogP contribution in [-0.2, 0) is 17.6 Å². The highest BCUT2D eigenvalue weighted by atomic mass is 33.1. The first kappa shape index (κ1) is 47.0. The third-order valence-electron chi connectivity index (χ3n) is 12.7. The van der Waals surface area contributed by atoms with Gasteiger partial charge in [-0.1, -0.05) is 61.1 Å². The predicted octanol–water partition coefficient (Wildman–Crippen LogP) is 7.69. The van der Waals surface area contributed by atoms with E-state index in [0.717, 1.165) is 36.9 Å². The minimum atomic E-state index is -0.994. The number of phenolic OH excluding ortho intramolecular Hbond substituents is 2. The van der Waals surface area contributed by atoms with E-state index in [1.807, 2.05) is 6.07 Å².